The van der Waals surface area contributed by atoms with Crippen molar-refractivity contribution in [2.24, 2.45) is 0 Å². The highest BCUT2D eigenvalue weighted by atomic mass is 15.3. The third-order valence-electron chi connectivity index (χ3n) is 5.03. The monoisotopic (exact) mass is 380 g/mol. The molecule has 6 nitrogen and oxygen atoms in total. The minimum Gasteiger partial charge on any atom is -0.247 e. The standard InChI is InChI=1S/C23H20N6/c1-5-11-16-18(8-4)27-21-24-15(7-3)19(12-6-2)28(21)23-26-17-13-9-10-14-20(17)29(23)22(27)25-16/h5-14H,3-4H2,1-2H3/b11-5-,12-6-. The van der Waals surface area contributed by atoms with Crippen LogP contribution in [0.25, 0.3) is 52.7 Å². The maximum absolute atomic E-state index is 4.92. The van der Waals surface area contributed by atoms with Gasteiger partial charge in [0.25, 0.3) is 0 Å². The number of aromatic nitrogens is 6. The molecule has 0 saturated carbocycles. The molecule has 0 amide bonds. The van der Waals surface area contributed by atoms with Gasteiger partial charge in [-0.25, -0.2) is 28.2 Å². The minimum atomic E-state index is 0.726. The summed E-state index contributed by atoms with van der Waals surface area (Å²) in [5.74, 6) is 2.23. The lowest BCUT2D eigenvalue weighted by Crippen LogP contribution is -2.06. The van der Waals surface area contributed by atoms with E-state index < -0.39 is 0 Å². The fraction of sp³-hybridized carbons (Fsp3) is 0.0870. The van der Waals surface area contributed by atoms with Gasteiger partial charge in [0.05, 0.1) is 33.8 Å². The second-order valence-electron chi connectivity index (χ2n) is 6.68. The van der Waals surface area contributed by atoms with Crippen LogP contribution in [-0.4, -0.2) is 28.2 Å². The summed E-state index contributed by atoms with van der Waals surface area (Å²) in [5.41, 5.74) is 5.33. The summed E-state index contributed by atoms with van der Waals surface area (Å²) in [6.07, 6.45) is 11.6. The Hall–Kier alpha value is -3.93. The van der Waals surface area contributed by atoms with Crippen LogP contribution in [0.3, 0.4) is 0 Å². The molecule has 0 fully saturated rings. The molecule has 0 aliphatic carbocycles. The summed E-state index contributed by atoms with van der Waals surface area (Å²) < 4.78 is 6.16. The molecule has 1 aromatic carbocycles. The van der Waals surface area contributed by atoms with Gasteiger partial charge >= 0.3 is 0 Å². The normalized spacial score (nSPS) is 12.5. The Morgan fingerprint density at radius 2 is 1.38 bits per heavy atom. The number of allylic oxidation sites excluding steroid dienone is 2. The molecule has 29 heavy (non-hydrogen) atoms. The number of fused-ring (bicyclic) bond motifs is 8. The zero-order chi connectivity index (χ0) is 20.1. The zero-order valence-electron chi connectivity index (χ0n) is 16.4. The summed E-state index contributed by atoms with van der Waals surface area (Å²) in [6.45, 7) is 11.9. The van der Waals surface area contributed by atoms with Gasteiger partial charge in [-0.2, -0.15) is 0 Å². The van der Waals surface area contributed by atoms with Gasteiger partial charge in [0.15, 0.2) is 0 Å². The van der Waals surface area contributed by atoms with Crippen molar-refractivity contribution < 1.29 is 0 Å². The fourth-order valence-corrected chi connectivity index (χ4v) is 3.87. The first kappa shape index (κ1) is 17.2. The van der Waals surface area contributed by atoms with Gasteiger partial charge in [0, 0.05) is 0 Å². The molecule has 0 bridgehead atoms. The Morgan fingerprint density at radius 3 is 2.10 bits per heavy atom. The highest BCUT2D eigenvalue weighted by molar-refractivity contribution is 5.84. The van der Waals surface area contributed by atoms with Gasteiger partial charge in [-0.1, -0.05) is 37.4 Å². The molecule has 0 aliphatic rings. The highest BCUT2D eigenvalue weighted by Crippen LogP contribution is 2.27. The molecule has 0 radical (unpaired) electrons. The molecule has 0 saturated heterocycles. The molecule has 6 heteroatoms. The smallest absolute Gasteiger partial charge is 0.225 e. The predicted octanol–water partition coefficient (Wildman–Crippen LogP) is 5.14. The Kier molecular flexibility index (Phi) is 3.74. The van der Waals surface area contributed by atoms with E-state index in [-0.39, 0.29) is 0 Å². The molecular formula is C23H20N6. The van der Waals surface area contributed by atoms with Gasteiger partial charge in [-0.3, -0.25) is 0 Å². The summed E-state index contributed by atoms with van der Waals surface area (Å²) in [5, 5.41) is 0. The molecule has 0 spiro atoms. The lowest BCUT2D eigenvalue weighted by atomic mass is 10.3. The van der Waals surface area contributed by atoms with Gasteiger partial charge in [-0.15, -0.1) is 0 Å². The fourth-order valence-electron chi connectivity index (χ4n) is 3.87. The van der Waals surface area contributed by atoms with Crippen molar-refractivity contribution in [3.05, 3.63) is 72.4 Å². The van der Waals surface area contributed by atoms with Gasteiger partial charge in [0.2, 0.25) is 17.3 Å². The van der Waals surface area contributed by atoms with Gasteiger partial charge in [-0.05, 0) is 50.3 Å². The first-order valence-corrected chi connectivity index (χ1v) is 9.47. The lowest BCUT2D eigenvalue weighted by Gasteiger charge is -2.06. The van der Waals surface area contributed by atoms with Crippen LogP contribution in [0.4, 0.5) is 0 Å². The molecule has 5 rings (SSSR count). The Bertz CT molecular complexity index is 1500. The molecule has 0 N–H and O–H groups in total. The van der Waals surface area contributed by atoms with Crippen molar-refractivity contribution in [1.82, 2.24) is 28.2 Å². The quantitative estimate of drug-likeness (QED) is 0.434. The van der Waals surface area contributed by atoms with E-state index in [2.05, 4.69) is 28.0 Å². The maximum Gasteiger partial charge on any atom is 0.225 e. The number of rotatable bonds is 4. The first-order chi connectivity index (χ1) is 14.2. The van der Waals surface area contributed by atoms with Crippen molar-refractivity contribution in [2.75, 3.05) is 0 Å². The van der Waals surface area contributed by atoms with Crippen molar-refractivity contribution in [2.45, 2.75) is 13.8 Å². The molecule has 0 unspecified atom stereocenters. The number of hydrogen-bond acceptors (Lipinski definition) is 3. The molecular weight excluding hydrogens is 360 g/mol. The molecule has 4 aromatic heterocycles. The van der Waals surface area contributed by atoms with E-state index in [9.17, 15) is 0 Å². The van der Waals surface area contributed by atoms with Crippen LogP contribution < -0.4 is 0 Å². The van der Waals surface area contributed by atoms with Crippen LogP contribution in [0.15, 0.2) is 49.6 Å². The van der Waals surface area contributed by atoms with Crippen molar-refractivity contribution in [3.8, 4) is 0 Å². The number of nitrogens with zero attached hydrogens (tertiary/aromatic N) is 6. The Balaban J connectivity index is 2.19. The van der Waals surface area contributed by atoms with Gasteiger partial charge in [0.1, 0.15) is 0 Å². The van der Waals surface area contributed by atoms with Gasteiger partial charge < -0.3 is 0 Å². The zero-order valence-corrected chi connectivity index (χ0v) is 16.4. The average Bonchev–Trinajstić information content (AvgIpc) is 3.39. The summed E-state index contributed by atoms with van der Waals surface area (Å²) >= 11 is 0. The molecule has 0 atom stereocenters. The largest absolute Gasteiger partial charge is 0.247 e. The third kappa shape index (κ3) is 2.20. The van der Waals surface area contributed by atoms with E-state index >= 15 is 0 Å². The Labute approximate surface area is 167 Å². The second kappa shape index (κ2) is 6.31. The third-order valence-corrected chi connectivity index (χ3v) is 5.03. The lowest BCUT2D eigenvalue weighted by molar-refractivity contribution is 0.981. The van der Waals surface area contributed by atoms with Crippen LogP contribution in [0, 0.1) is 0 Å². The molecule has 4 heterocycles. The van der Waals surface area contributed by atoms with E-state index in [1.165, 1.54) is 0 Å². The summed E-state index contributed by atoms with van der Waals surface area (Å²) in [6, 6.07) is 8.07. The van der Waals surface area contributed by atoms with E-state index in [0.717, 1.165) is 51.1 Å². The van der Waals surface area contributed by atoms with Crippen LogP contribution in [0.5, 0.6) is 0 Å². The van der Waals surface area contributed by atoms with E-state index in [1.54, 1.807) is 6.08 Å². The number of hydrogen-bond donors (Lipinski definition) is 0. The maximum atomic E-state index is 4.92. The number of benzene rings is 1. The molecule has 0 aliphatic heterocycles. The topological polar surface area (TPSA) is 51.9 Å². The van der Waals surface area contributed by atoms with Crippen molar-refractivity contribution in [1.29, 1.82) is 0 Å². The second-order valence-corrected chi connectivity index (χ2v) is 6.68. The van der Waals surface area contributed by atoms with Crippen molar-refractivity contribution >= 4 is 52.7 Å². The summed E-state index contributed by atoms with van der Waals surface area (Å²) in [4.78, 5) is 14.7. The summed E-state index contributed by atoms with van der Waals surface area (Å²) in [7, 11) is 0. The van der Waals surface area contributed by atoms with Crippen molar-refractivity contribution in [3.63, 3.8) is 0 Å². The number of para-hydroxylation sites is 2. The van der Waals surface area contributed by atoms with Crippen LogP contribution in [0.1, 0.15) is 36.6 Å². The van der Waals surface area contributed by atoms with Crippen LogP contribution in [-0.2, 0) is 0 Å². The number of imidazole rings is 3. The molecule has 5 aromatic rings. The van der Waals surface area contributed by atoms with Crippen LogP contribution >= 0.6 is 0 Å². The highest BCUT2D eigenvalue weighted by Gasteiger charge is 2.22. The minimum absolute atomic E-state index is 0.726. The van der Waals surface area contributed by atoms with E-state index in [1.807, 2.05) is 66.8 Å². The predicted molar refractivity (Wildman–Crippen MR) is 120 cm³/mol. The first-order valence-electron chi connectivity index (χ1n) is 9.47. The Morgan fingerprint density at radius 1 is 0.724 bits per heavy atom. The SMILES string of the molecule is C=Cc1nc2n3c(C=C)c(/C=C\C)nc3n3c4ccccc4nc3n2c1/C=C\C. The average molecular weight is 380 g/mol. The van der Waals surface area contributed by atoms with Crippen LogP contribution in [0.2, 0.25) is 0 Å². The van der Waals surface area contributed by atoms with E-state index in [0.29, 0.717) is 0 Å². The van der Waals surface area contributed by atoms with E-state index in [4.69, 9.17) is 15.0 Å². The molecule has 142 valence electrons.